The van der Waals surface area contributed by atoms with Crippen molar-refractivity contribution in [3.63, 3.8) is 0 Å². The van der Waals surface area contributed by atoms with Crippen molar-refractivity contribution in [1.82, 2.24) is 5.32 Å². The summed E-state index contributed by atoms with van der Waals surface area (Å²) in [5.41, 5.74) is 4.45. The van der Waals surface area contributed by atoms with E-state index in [4.69, 9.17) is 0 Å². The van der Waals surface area contributed by atoms with E-state index in [0.717, 1.165) is 28.7 Å². The largest absolute Gasteiger partial charge is 0.344 e. The molecule has 0 aliphatic heterocycles. The van der Waals surface area contributed by atoms with E-state index < -0.39 is 22.0 Å². The Kier molecular flexibility index (Phi) is 7.86. The van der Waals surface area contributed by atoms with Crippen LogP contribution < -0.4 is 9.62 Å². The number of hydrogen-bond donors (Lipinski definition) is 1. The van der Waals surface area contributed by atoms with Crippen LogP contribution in [0.2, 0.25) is 0 Å². The fourth-order valence-corrected chi connectivity index (χ4v) is 5.61. The second kappa shape index (κ2) is 11.2. The molecule has 0 radical (unpaired) electrons. The highest BCUT2D eigenvalue weighted by molar-refractivity contribution is 7.92. The number of benzene rings is 4. The molecule has 4 aromatic carbocycles. The normalized spacial score (nSPS) is 12.1. The first kappa shape index (κ1) is 25.2. The van der Waals surface area contributed by atoms with E-state index in [0.29, 0.717) is 5.69 Å². The monoisotopic (exact) mass is 498 g/mol. The number of amides is 1. The highest BCUT2D eigenvalue weighted by Crippen LogP contribution is 2.27. The maximum atomic E-state index is 13.6. The van der Waals surface area contributed by atoms with Gasteiger partial charge in [0.15, 0.2) is 0 Å². The summed E-state index contributed by atoms with van der Waals surface area (Å²) >= 11 is 0. The summed E-state index contributed by atoms with van der Waals surface area (Å²) < 4.78 is 28.5. The molecule has 5 nitrogen and oxygen atoms in total. The molecule has 0 saturated heterocycles. The zero-order valence-electron chi connectivity index (χ0n) is 20.5. The molecule has 0 spiro atoms. The van der Waals surface area contributed by atoms with Gasteiger partial charge in [0.2, 0.25) is 5.91 Å². The van der Waals surface area contributed by atoms with Gasteiger partial charge in [0.1, 0.15) is 6.54 Å². The molecule has 0 bridgehead atoms. The second-order valence-corrected chi connectivity index (χ2v) is 10.5. The number of carbonyl (C=O) groups is 1. The fourth-order valence-electron chi connectivity index (χ4n) is 4.17. The number of nitrogens with one attached hydrogen (secondary N) is 1. The van der Waals surface area contributed by atoms with Gasteiger partial charge in [-0.2, -0.15) is 0 Å². The molecule has 36 heavy (non-hydrogen) atoms. The molecule has 4 rings (SSSR count). The summed E-state index contributed by atoms with van der Waals surface area (Å²) in [4.78, 5) is 13.6. The van der Waals surface area contributed by atoms with Gasteiger partial charge in [-0.3, -0.25) is 9.10 Å². The predicted octanol–water partition coefficient (Wildman–Crippen LogP) is 5.66. The van der Waals surface area contributed by atoms with Crippen LogP contribution in [0, 0.1) is 6.92 Å². The third-order valence-corrected chi connectivity index (χ3v) is 7.98. The van der Waals surface area contributed by atoms with Gasteiger partial charge >= 0.3 is 0 Å². The van der Waals surface area contributed by atoms with Gasteiger partial charge in [-0.25, -0.2) is 8.42 Å². The Labute approximate surface area is 213 Å². The number of aryl methyl sites for hydroxylation is 2. The second-order valence-electron chi connectivity index (χ2n) is 8.61. The number of sulfonamides is 1. The van der Waals surface area contributed by atoms with Crippen molar-refractivity contribution in [2.45, 2.75) is 31.2 Å². The smallest absolute Gasteiger partial charge is 0.264 e. The lowest BCUT2D eigenvalue weighted by molar-refractivity contribution is -0.120. The minimum Gasteiger partial charge on any atom is -0.344 e. The van der Waals surface area contributed by atoms with Gasteiger partial charge in [-0.1, -0.05) is 91.9 Å². The van der Waals surface area contributed by atoms with Gasteiger partial charge in [0.25, 0.3) is 10.0 Å². The van der Waals surface area contributed by atoms with Crippen molar-refractivity contribution in [2.75, 3.05) is 10.8 Å². The standard InChI is InChI=1S/C30H30N2O3S/c1-3-24-18-20-26(21-19-24)32(36(34,35)27-15-8-5-9-16-27)22-29(33)31-30(25-13-6-4-7-14-25)28-17-11-10-12-23(28)2/h4-21,30H,3,22H2,1-2H3,(H,31,33)/t30-/m1/s1. The number of nitrogens with zero attached hydrogens (tertiary/aromatic N) is 1. The highest BCUT2D eigenvalue weighted by atomic mass is 32.2. The molecule has 1 amide bonds. The minimum atomic E-state index is -3.97. The molecule has 0 aromatic heterocycles. The summed E-state index contributed by atoms with van der Waals surface area (Å²) in [5, 5.41) is 3.09. The van der Waals surface area contributed by atoms with Crippen molar-refractivity contribution in [3.05, 3.63) is 131 Å². The maximum Gasteiger partial charge on any atom is 0.264 e. The quantitative estimate of drug-likeness (QED) is 0.324. The summed E-state index contributed by atoms with van der Waals surface area (Å²) in [6.45, 7) is 3.69. The van der Waals surface area contributed by atoms with Gasteiger partial charge in [0.05, 0.1) is 16.6 Å². The lowest BCUT2D eigenvalue weighted by atomic mass is 9.95. The summed E-state index contributed by atoms with van der Waals surface area (Å²) in [7, 11) is -3.97. The van der Waals surface area contributed by atoms with Crippen LogP contribution >= 0.6 is 0 Å². The Morgan fingerprint density at radius 2 is 1.39 bits per heavy atom. The fraction of sp³-hybridized carbons (Fsp3) is 0.167. The van der Waals surface area contributed by atoms with Gasteiger partial charge in [-0.05, 0) is 59.9 Å². The molecule has 4 aromatic rings. The highest BCUT2D eigenvalue weighted by Gasteiger charge is 2.28. The van der Waals surface area contributed by atoms with Gasteiger partial charge < -0.3 is 5.32 Å². The Bertz CT molecular complexity index is 1400. The Balaban J connectivity index is 1.69. The number of carbonyl (C=O) groups excluding carboxylic acids is 1. The van der Waals surface area contributed by atoms with Crippen molar-refractivity contribution < 1.29 is 13.2 Å². The van der Waals surface area contributed by atoms with Crippen LogP contribution in [0.25, 0.3) is 0 Å². The average Bonchev–Trinajstić information content (AvgIpc) is 2.92. The van der Waals surface area contributed by atoms with Crippen molar-refractivity contribution >= 4 is 21.6 Å². The predicted molar refractivity (Wildman–Crippen MR) is 144 cm³/mol. The van der Waals surface area contributed by atoms with E-state index in [1.807, 2.05) is 80.6 Å². The molecular formula is C30H30N2O3S. The third-order valence-electron chi connectivity index (χ3n) is 6.19. The molecule has 0 fully saturated rings. The van der Waals surface area contributed by atoms with Gasteiger partial charge in [-0.15, -0.1) is 0 Å². The lowest BCUT2D eigenvalue weighted by Crippen LogP contribution is -2.42. The summed E-state index contributed by atoms with van der Waals surface area (Å²) in [5.74, 6) is -0.397. The van der Waals surface area contributed by atoms with Crippen LogP contribution in [0.5, 0.6) is 0 Å². The minimum absolute atomic E-state index is 0.135. The summed E-state index contributed by atoms with van der Waals surface area (Å²) in [6.07, 6.45) is 0.835. The van der Waals surface area contributed by atoms with E-state index in [2.05, 4.69) is 5.32 Å². The van der Waals surface area contributed by atoms with Crippen LogP contribution in [0.1, 0.15) is 35.2 Å². The van der Waals surface area contributed by atoms with Crippen LogP contribution in [0.3, 0.4) is 0 Å². The molecule has 0 aliphatic carbocycles. The third kappa shape index (κ3) is 5.66. The Morgan fingerprint density at radius 3 is 2.00 bits per heavy atom. The van der Waals surface area contributed by atoms with E-state index in [-0.39, 0.29) is 11.4 Å². The Hall–Kier alpha value is -3.90. The summed E-state index contributed by atoms with van der Waals surface area (Å²) in [6, 6.07) is 32.6. The zero-order chi connectivity index (χ0) is 25.5. The lowest BCUT2D eigenvalue weighted by Gasteiger charge is -2.27. The topological polar surface area (TPSA) is 66.5 Å². The van der Waals surface area contributed by atoms with Crippen LogP contribution in [0.15, 0.2) is 114 Å². The van der Waals surface area contributed by atoms with Crippen LogP contribution in [-0.2, 0) is 21.2 Å². The SMILES string of the molecule is CCc1ccc(N(CC(=O)N[C@H](c2ccccc2)c2ccccc2C)S(=O)(=O)c2ccccc2)cc1. The molecule has 0 saturated carbocycles. The van der Waals surface area contributed by atoms with Crippen molar-refractivity contribution in [3.8, 4) is 0 Å². The van der Waals surface area contributed by atoms with Crippen LogP contribution in [-0.4, -0.2) is 20.9 Å². The molecule has 1 atom stereocenters. The van der Waals surface area contributed by atoms with E-state index >= 15 is 0 Å². The molecular weight excluding hydrogens is 468 g/mol. The number of rotatable bonds is 9. The van der Waals surface area contributed by atoms with Crippen LogP contribution in [0.4, 0.5) is 5.69 Å². The maximum absolute atomic E-state index is 13.6. The first-order chi connectivity index (χ1) is 17.4. The first-order valence-corrected chi connectivity index (χ1v) is 13.4. The molecule has 0 aliphatic rings. The molecule has 0 unspecified atom stereocenters. The van der Waals surface area contributed by atoms with E-state index in [9.17, 15) is 13.2 Å². The molecule has 0 heterocycles. The van der Waals surface area contributed by atoms with Crippen molar-refractivity contribution in [1.29, 1.82) is 0 Å². The molecule has 6 heteroatoms. The van der Waals surface area contributed by atoms with Crippen molar-refractivity contribution in [2.24, 2.45) is 0 Å². The molecule has 184 valence electrons. The average molecular weight is 499 g/mol. The van der Waals surface area contributed by atoms with Gasteiger partial charge in [0, 0.05) is 0 Å². The Morgan fingerprint density at radius 1 is 0.806 bits per heavy atom. The number of anilines is 1. The van der Waals surface area contributed by atoms with E-state index in [1.54, 1.807) is 42.5 Å². The first-order valence-electron chi connectivity index (χ1n) is 12.0. The number of hydrogen-bond acceptors (Lipinski definition) is 3. The zero-order valence-corrected chi connectivity index (χ0v) is 21.3. The molecule has 1 N–H and O–H groups in total. The van der Waals surface area contributed by atoms with E-state index in [1.165, 1.54) is 4.31 Å².